The summed E-state index contributed by atoms with van der Waals surface area (Å²) < 4.78 is 49.6. The Labute approximate surface area is 203 Å². The molecule has 0 atom stereocenters. The maximum absolute atomic E-state index is 12.6. The third-order valence-corrected chi connectivity index (χ3v) is 5.35. The molecule has 2 aromatic rings. The van der Waals surface area contributed by atoms with Crippen molar-refractivity contribution in [2.45, 2.75) is 0 Å². The number of Topliss-reactive ketones (excluding diaryl/α,β-unsaturated/α-hetero) is 2. The van der Waals surface area contributed by atoms with Crippen LogP contribution >= 0.6 is 0 Å². The number of hydrogen-bond donors (Lipinski definition) is 2. The summed E-state index contributed by atoms with van der Waals surface area (Å²) in [6, 6.07) is 10.9. The number of hydrogen-bond acceptors (Lipinski definition) is 6. The van der Waals surface area contributed by atoms with Crippen LogP contribution in [0.15, 0.2) is 78.0 Å². The fraction of sp³-hybridized carbons (Fsp3) is 0.0870. The summed E-state index contributed by atoms with van der Waals surface area (Å²) in [5, 5.41) is 9.33. The fourth-order valence-electron chi connectivity index (χ4n) is 2.67. The number of benzene rings is 2. The van der Waals surface area contributed by atoms with Gasteiger partial charge in [0.2, 0.25) is 25.7 Å². The molecule has 2 rings (SSSR count). The molecule has 0 spiro atoms. The molecule has 0 aliphatic heterocycles. The van der Waals surface area contributed by atoms with E-state index in [0.29, 0.717) is 0 Å². The molecule has 2 N–H and O–H groups in total. The Morgan fingerprint density at radius 2 is 1.29 bits per heavy atom. The summed E-state index contributed by atoms with van der Waals surface area (Å²) in [7, 11) is -6.96. The highest BCUT2D eigenvalue weighted by atomic mass is 32.2. The first-order chi connectivity index (χ1) is 16.3. The summed E-state index contributed by atoms with van der Waals surface area (Å²) in [6.07, 6.45) is 5.51. The van der Waals surface area contributed by atoms with Crippen LogP contribution in [0.25, 0.3) is 10.3 Å². The van der Waals surface area contributed by atoms with E-state index in [4.69, 9.17) is 6.57 Å². The van der Waals surface area contributed by atoms with Crippen LogP contribution < -0.4 is 9.44 Å². The summed E-state index contributed by atoms with van der Waals surface area (Å²) in [6.45, 7) is 7.25. The maximum Gasteiger partial charge on any atom is 0.234 e. The van der Waals surface area contributed by atoms with Crippen LogP contribution in [0.2, 0.25) is 0 Å². The minimum atomic E-state index is -3.48. The molecular formula is C23H19N4O6S2-. The normalized spacial score (nSPS) is 11.9. The van der Waals surface area contributed by atoms with E-state index in [0.717, 1.165) is 24.7 Å². The number of ketones is 2. The van der Waals surface area contributed by atoms with E-state index < -0.39 is 31.6 Å². The topological polar surface area (TPSA) is 153 Å². The van der Waals surface area contributed by atoms with Gasteiger partial charge in [-0.2, -0.15) is 0 Å². The van der Waals surface area contributed by atoms with Crippen molar-refractivity contribution in [2.24, 2.45) is 0 Å². The number of nitrogens with one attached hydrogen (secondary N) is 2. The number of anilines is 2. The largest absolute Gasteiger partial charge is 0.763 e. The van der Waals surface area contributed by atoms with E-state index in [9.17, 15) is 31.8 Å². The fourth-order valence-corrected chi connectivity index (χ4v) is 3.80. The van der Waals surface area contributed by atoms with Crippen molar-refractivity contribution >= 4 is 48.9 Å². The first-order valence-corrected chi connectivity index (χ1v) is 13.4. The van der Waals surface area contributed by atoms with Gasteiger partial charge < -0.3 is 10.2 Å². The van der Waals surface area contributed by atoms with Crippen molar-refractivity contribution in [2.75, 3.05) is 22.0 Å². The van der Waals surface area contributed by atoms with Crippen molar-refractivity contribution in [1.29, 1.82) is 0 Å². The molecule has 0 saturated heterocycles. The third-order valence-electron chi connectivity index (χ3n) is 4.14. The molecule has 0 radical (unpaired) electrons. The molecule has 180 valence electrons. The van der Waals surface area contributed by atoms with Crippen LogP contribution in [-0.4, -0.2) is 46.8 Å². The average molecular weight is 512 g/mol. The van der Waals surface area contributed by atoms with Crippen molar-refractivity contribution in [1.82, 2.24) is 0 Å². The van der Waals surface area contributed by atoms with Crippen LogP contribution in [0.5, 0.6) is 0 Å². The monoisotopic (exact) mass is 511 g/mol. The minimum absolute atomic E-state index is 0.138. The Bertz CT molecular complexity index is 1510. The Morgan fingerprint density at radius 3 is 1.66 bits per heavy atom. The second-order valence-electron chi connectivity index (χ2n) is 7.11. The zero-order valence-corrected chi connectivity index (χ0v) is 20.1. The van der Waals surface area contributed by atoms with Gasteiger partial charge >= 0.3 is 0 Å². The Hall–Kier alpha value is -4.30. The van der Waals surface area contributed by atoms with Crippen molar-refractivity contribution in [3.8, 4) is 0 Å². The molecule has 0 aliphatic rings. The highest BCUT2D eigenvalue weighted by molar-refractivity contribution is 7.92. The lowest BCUT2D eigenvalue weighted by Crippen LogP contribution is -2.10. The number of allylic oxidation sites excluding steroid dienone is 5. The molecule has 0 bridgehead atoms. The average Bonchev–Trinajstić information content (AvgIpc) is 2.77. The molecule has 0 heterocycles. The molecule has 12 heteroatoms. The zero-order valence-electron chi connectivity index (χ0n) is 18.5. The van der Waals surface area contributed by atoms with Gasteiger partial charge in [0.25, 0.3) is 0 Å². The SMILES string of the molecule is [C-]#[N+]C(=CC=CC(=C=[N-])C(=O)c1ccc(NS(C)(=O)=O)cc1)C(=O)c1ccc(NS(C)(=O)=O)cc1. The summed E-state index contributed by atoms with van der Waals surface area (Å²) in [4.78, 5) is 28.3. The molecule has 0 aliphatic carbocycles. The number of rotatable bonds is 10. The quantitative estimate of drug-likeness (QED) is 0.164. The lowest BCUT2D eigenvalue weighted by atomic mass is 10.0. The van der Waals surface area contributed by atoms with E-state index in [1.54, 1.807) is 5.87 Å². The second kappa shape index (κ2) is 11.2. The predicted molar refractivity (Wildman–Crippen MR) is 134 cm³/mol. The molecule has 0 aromatic heterocycles. The van der Waals surface area contributed by atoms with Gasteiger partial charge in [-0.3, -0.25) is 20.1 Å². The lowest BCUT2D eigenvalue weighted by Gasteiger charge is -2.05. The van der Waals surface area contributed by atoms with Crippen LogP contribution in [0.4, 0.5) is 11.4 Å². The van der Waals surface area contributed by atoms with E-state index in [1.807, 2.05) is 0 Å². The van der Waals surface area contributed by atoms with Gasteiger partial charge in [0.1, 0.15) is 0 Å². The summed E-state index contributed by atoms with van der Waals surface area (Å²) >= 11 is 0. The maximum atomic E-state index is 12.6. The van der Waals surface area contributed by atoms with Gasteiger partial charge in [0.05, 0.1) is 19.1 Å². The second-order valence-corrected chi connectivity index (χ2v) is 10.6. The molecule has 0 saturated carbocycles. The van der Waals surface area contributed by atoms with E-state index in [2.05, 4.69) is 14.3 Å². The third kappa shape index (κ3) is 8.53. The zero-order chi connectivity index (χ0) is 26.2. The van der Waals surface area contributed by atoms with Gasteiger partial charge in [-0.15, -0.1) is 0 Å². The predicted octanol–water partition coefficient (Wildman–Crippen LogP) is 3.02. The molecule has 2 aromatic carbocycles. The van der Waals surface area contributed by atoms with E-state index >= 15 is 0 Å². The highest BCUT2D eigenvalue weighted by Crippen LogP contribution is 2.16. The number of carbonyl (C=O) groups is 2. The Morgan fingerprint density at radius 1 is 0.857 bits per heavy atom. The van der Waals surface area contributed by atoms with Crippen molar-refractivity contribution in [3.63, 3.8) is 0 Å². The van der Waals surface area contributed by atoms with Gasteiger partial charge in [0, 0.05) is 28.1 Å². The van der Waals surface area contributed by atoms with Gasteiger partial charge in [-0.05, 0) is 42.5 Å². The molecule has 0 amide bonds. The molecule has 0 unspecified atom stereocenters. The smallest absolute Gasteiger partial charge is 0.234 e. The Balaban J connectivity index is 2.17. The molecule has 0 fully saturated rings. The van der Waals surface area contributed by atoms with Crippen LogP contribution in [0.3, 0.4) is 0 Å². The number of nitrogens with zero attached hydrogens (tertiary/aromatic N) is 2. The van der Waals surface area contributed by atoms with Crippen molar-refractivity contribution in [3.05, 3.63) is 106 Å². The summed E-state index contributed by atoms with van der Waals surface area (Å²) in [5.74, 6) is 0.490. The van der Waals surface area contributed by atoms with Gasteiger partial charge in [-0.1, -0.05) is 24.3 Å². The first-order valence-electron chi connectivity index (χ1n) is 9.61. The van der Waals surface area contributed by atoms with E-state index in [-0.39, 0.29) is 33.8 Å². The standard InChI is InChI=1S/C23H19N4O6S2/c1-25-21(23(29)17-9-13-20(14-10-17)27-35(3,32)33)6-4-5-18(15-24)22(28)16-7-11-19(12-8-16)26-34(2,30)31/h4-14,26-27H,2-3H3/q-1. The molecule has 10 nitrogen and oxygen atoms in total. The highest BCUT2D eigenvalue weighted by Gasteiger charge is 2.13. The minimum Gasteiger partial charge on any atom is -0.763 e. The number of carbonyl (C=O) groups excluding carboxylic acids is 2. The van der Waals surface area contributed by atoms with E-state index in [1.165, 1.54) is 54.6 Å². The molecular weight excluding hydrogens is 492 g/mol. The summed E-state index contributed by atoms with van der Waals surface area (Å²) in [5.41, 5.74) is 0.233. The number of sulfonamides is 2. The lowest BCUT2D eigenvalue weighted by molar-refractivity contribution is 0.103. The van der Waals surface area contributed by atoms with Crippen LogP contribution in [0, 0.1) is 6.57 Å². The first kappa shape index (κ1) is 26.9. The van der Waals surface area contributed by atoms with Crippen molar-refractivity contribution < 1.29 is 26.4 Å². The van der Waals surface area contributed by atoms with Gasteiger partial charge in [-0.25, -0.2) is 21.7 Å². The van der Waals surface area contributed by atoms with Crippen LogP contribution in [-0.2, 0) is 20.0 Å². The Kier molecular flexibility index (Phi) is 8.64. The molecule has 35 heavy (non-hydrogen) atoms. The van der Waals surface area contributed by atoms with Gasteiger partial charge in [0.15, 0.2) is 11.6 Å². The van der Waals surface area contributed by atoms with Crippen LogP contribution in [0.1, 0.15) is 20.7 Å².